The minimum atomic E-state index is -0.711. The summed E-state index contributed by atoms with van der Waals surface area (Å²) in [4.78, 5) is 52.0. The van der Waals surface area contributed by atoms with E-state index in [1.807, 2.05) is 19.1 Å². The van der Waals surface area contributed by atoms with Gasteiger partial charge in [-0.3, -0.25) is 19.4 Å². The molecule has 1 fully saturated rings. The number of methoxy groups -OCH3 is 1. The third-order valence-electron chi connectivity index (χ3n) is 4.99. The van der Waals surface area contributed by atoms with Crippen molar-refractivity contribution in [1.29, 1.82) is 0 Å². The second kappa shape index (κ2) is 8.36. The van der Waals surface area contributed by atoms with Crippen molar-refractivity contribution in [2.45, 2.75) is 26.8 Å². The number of anilines is 2. The van der Waals surface area contributed by atoms with Gasteiger partial charge in [0.25, 0.3) is 5.91 Å². The fraction of sp³-hybridized carbons (Fsp3) is 0.273. The van der Waals surface area contributed by atoms with E-state index >= 15 is 0 Å². The smallest absolute Gasteiger partial charge is 0.337 e. The highest BCUT2D eigenvalue weighted by Crippen LogP contribution is 2.26. The van der Waals surface area contributed by atoms with Gasteiger partial charge in [-0.15, -0.1) is 0 Å². The number of rotatable bonds is 5. The Morgan fingerprint density at radius 3 is 2.37 bits per heavy atom. The Hall–Kier alpha value is -3.68. The monoisotopic (exact) mass is 409 g/mol. The second-order valence-corrected chi connectivity index (χ2v) is 7.16. The van der Waals surface area contributed by atoms with Crippen LogP contribution in [0.3, 0.4) is 0 Å². The van der Waals surface area contributed by atoms with Crippen molar-refractivity contribution in [1.82, 2.24) is 4.90 Å². The van der Waals surface area contributed by atoms with Crippen molar-refractivity contribution in [2.75, 3.05) is 23.9 Å². The Labute approximate surface area is 174 Å². The van der Waals surface area contributed by atoms with Crippen molar-refractivity contribution in [3.63, 3.8) is 0 Å². The van der Waals surface area contributed by atoms with Gasteiger partial charge in [-0.1, -0.05) is 23.8 Å². The predicted molar refractivity (Wildman–Crippen MR) is 111 cm³/mol. The molecule has 1 saturated heterocycles. The first kappa shape index (κ1) is 21.0. The number of hydrogen-bond acceptors (Lipinski definition) is 5. The van der Waals surface area contributed by atoms with Crippen LogP contribution in [0, 0.1) is 13.8 Å². The molecule has 0 spiro atoms. The Balaban J connectivity index is 1.75. The van der Waals surface area contributed by atoms with Crippen LogP contribution in [0.2, 0.25) is 0 Å². The van der Waals surface area contributed by atoms with Crippen molar-refractivity contribution < 1.29 is 23.9 Å². The molecule has 1 aliphatic heterocycles. The summed E-state index contributed by atoms with van der Waals surface area (Å²) in [6.07, 6.45) is 0. The molecule has 1 heterocycles. The summed E-state index contributed by atoms with van der Waals surface area (Å²) >= 11 is 0. The maximum Gasteiger partial charge on any atom is 0.337 e. The van der Waals surface area contributed by atoms with E-state index in [0.717, 1.165) is 16.0 Å². The molecule has 2 aromatic rings. The highest BCUT2D eigenvalue weighted by atomic mass is 16.5. The Morgan fingerprint density at radius 1 is 1.07 bits per heavy atom. The van der Waals surface area contributed by atoms with Gasteiger partial charge in [0.1, 0.15) is 12.6 Å². The molecule has 156 valence electrons. The molecule has 0 unspecified atom stereocenters. The summed E-state index contributed by atoms with van der Waals surface area (Å²) in [7, 11) is 1.27. The molecule has 0 radical (unpaired) electrons. The first-order valence-electron chi connectivity index (χ1n) is 9.43. The molecule has 4 amide bonds. The van der Waals surface area contributed by atoms with E-state index in [-0.39, 0.29) is 5.56 Å². The number of carbonyl (C=O) groups is 4. The summed E-state index contributed by atoms with van der Waals surface area (Å²) < 4.78 is 4.69. The SMILES string of the molecule is COC(=O)c1ccc(C)c(NC(=O)CN2C(=O)[C@@H](C)N(c3ccc(C)cc3)C2=O)c1. The molecule has 8 heteroatoms. The zero-order chi connectivity index (χ0) is 22.0. The van der Waals surface area contributed by atoms with Crippen LogP contribution in [-0.4, -0.2) is 48.4 Å². The van der Waals surface area contributed by atoms with E-state index in [0.29, 0.717) is 11.4 Å². The van der Waals surface area contributed by atoms with Gasteiger partial charge in [0, 0.05) is 11.4 Å². The fourth-order valence-corrected chi connectivity index (χ4v) is 3.25. The number of carbonyl (C=O) groups excluding carboxylic acids is 4. The topological polar surface area (TPSA) is 96.0 Å². The number of urea groups is 1. The van der Waals surface area contributed by atoms with Crippen molar-refractivity contribution >= 4 is 35.2 Å². The minimum absolute atomic E-state index is 0.283. The predicted octanol–water partition coefficient (Wildman–Crippen LogP) is 2.89. The van der Waals surface area contributed by atoms with Crippen LogP contribution >= 0.6 is 0 Å². The normalized spacial score (nSPS) is 16.1. The molecular formula is C22H23N3O5. The first-order chi connectivity index (χ1) is 14.2. The Kier molecular flexibility index (Phi) is 5.86. The number of imide groups is 1. The standard InChI is InChI=1S/C22H23N3O5/c1-13-5-9-17(10-6-13)25-15(3)20(27)24(22(25)29)12-19(26)23-18-11-16(21(28)30-4)8-7-14(18)2/h5-11,15H,12H2,1-4H3,(H,23,26)/t15-/m1/s1. The van der Waals surface area contributed by atoms with Crippen LogP contribution in [-0.2, 0) is 14.3 Å². The quantitative estimate of drug-likeness (QED) is 0.605. The van der Waals surface area contributed by atoms with Crippen molar-refractivity contribution in [3.05, 3.63) is 59.2 Å². The molecule has 30 heavy (non-hydrogen) atoms. The maximum atomic E-state index is 12.8. The Bertz CT molecular complexity index is 1020. The first-order valence-corrected chi connectivity index (χ1v) is 9.43. The average molecular weight is 409 g/mol. The van der Waals surface area contributed by atoms with Crippen LogP contribution in [0.1, 0.15) is 28.4 Å². The lowest BCUT2D eigenvalue weighted by atomic mass is 10.1. The summed E-state index contributed by atoms with van der Waals surface area (Å²) in [5.41, 5.74) is 3.04. The summed E-state index contributed by atoms with van der Waals surface area (Å²) in [6.45, 7) is 4.90. The number of aryl methyl sites for hydroxylation is 2. The molecular weight excluding hydrogens is 386 g/mol. The Morgan fingerprint density at radius 2 is 1.73 bits per heavy atom. The van der Waals surface area contributed by atoms with E-state index < -0.39 is 36.4 Å². The number of benzene rings is 2. The molecule has 2 aromatic carbocycles. The average Bonchev–Trinajstić information content (AvgIpc) is 2.93. The van der Waals surface area contributed by atoms with Crippen LogP contribution in [0.4, 0.5) is 16.2 Å². The zero-order valence-corrected chi connectivity index (χ0v) is 17.3. The van der Waals surface area contributed by atoms with E-state index in [9.17, 15) is 19.2 Å². The van der Waals surface area contributed by atoms with E-state index in [2.05, 4.69) is 5.32 Å². The lowest BCUT2D eigenvalue weighted by Crippen LogP contribution is -2.39. The van der Waals surface area contributed by atoms with E-state index in [4.69, 9.17) is 4.74 Å². The molecule has 1 N–H and O–H groups in total. The number of nitrogens with zero attached hydrogens (tertiary/aromatic N) is 2. The van der Waals surface area contributed by atoms with E-state index in [1.54, 1.807) is 38.1 Å². The number of nitrogens with one attached hydrogen (secondary N) is 1. The summed E-state index contributed by atoms with van der Waals surface area (Å²) in [6, 6.07) is 10.7. The van der Waals surface area contributed by atoms with Crippen LogP contribution < -0.4 is 10.2 Å². The molecule has 3 rings (SSSR count). The third-order valence-corrected chi connectivity index (χ3v) is 4.99. The van der Waals surface area contributed by atoms with Crippen LogP contribution in [0.15, 0.2) is 42.5 Å². The molecule has 8 nitrogen and oxygen atoms in total. The number of ether oxygens (including phenoxy) is 1. The van der Waals surface area contributed by atoms with Gasteiger partial charge in [-0.05, 0) is 50.6 Å². The maximum absolute atomic E-state index is 12.8. The van der Waals surface area contributed by atoms with Gasteiger partial charge in [-0.2, -0.15) is 0 Å². The van der Waals surface area contributed by atoms with Gasteiger partial charge in [-0.25, -0.2) is 9.59 Å². The summed E-state index contributed by atoms with van der Waals surface area (Å²) in [5, 5.41) is 2.66. The van der Waals surface area contributed by atoms with Gasteiger partial charge in [0.05, 0.1) is 12.7 Å². The number of hydrogen-bond donors (Lipinski definition) is 1. The molecule has 0 aromatic heterocycles. The highest BCUT2D eigenvalue weighted by molar-refractivity contribution is 6.16. The molecule has 0 bridgehead atoms. The van der Waals surface area contributed by atoms with Gasteiger partial charge in [0.15, 0.2) is 0 Å². The largest absolute Gasteiger partial charge is 0.465 e. The van der Waals surface area contributed by atoms with Gasteiger partial charge >= 0.3 is 12.0 Å². The van der Waals surface area contributed by atoms with Crippen LogP contribution in [0.5, 0.6) is 0 Å². The lowest BCUT2D eigenvalue weighted by molar-refractivity contribution is -0.130. The number of amides is 4. The van der Waals surface area contributed by atoms with Gasteiger partial charge in [0.2, 0.25) is 5.91 Å². The van der Waals surface area contributed by atoms with Crippen molar-refractivity contribution in [2.24, 2.45) is 0 Å². The minimum Gasteiger partial charge on any atom is -0.465 e. The van der Waals surface area contributed by atoms with E-state index in [1.165, 1.54) is 18.1 Å². The van der Waals surface area contributed by atoms with Crippen LogP contribution in [0.25, 0.3) is 0 Å². The van der Waals surface area contributed by atoms with Gasteiger partial charge < -0.3 is 10.1 Å². The molecule has 0 aliphatic carbocycles. The lowest BCUT2D eigenvalue weighted by Gasteiger charge is -2.19. The summed E-state index contributed by atoms with van der Waals surface area (Å²) in [5.74, 6) is -1.52. The molecule has 1 aliphatic rings. The third kappa shape index (κ3) is 4.03. The molecule has 0 saturated carbocycles. The zero-order valence-electron chi connectivity index (χ0n) is 17.3. The second-order valence-electron chi connectivity index (χ2n) is 7.16. The highest BCUT2D eigenvalue weighted by Gasteiger charge is 2.44. The fourth-order valence-electron chi connectivity index (χ4n) is 3.25. The number of esters is 1. The molecule has 1 atom stereocenters. The van der Waals surface area contributed by atoms with Crippen molar-refractivity contribution in [3.8, 4) is 0 Å².